The van der Waals surface area contributed by atoms with Crippen molar-refractivity contribution in [1.82, 2.24) is 14.9 Å². The second-order valence-electron chi connectivity index (χ2n) is 5.06. The molecule has 1 aromatic carbocycles. The van der Waals surface area contributed by atoms with Gasteiger partial charge in [0.25, 0.3) is 5.91 Å². The van der Waals surface area contributed by atoms with Gasteiger partial charge in [-0.05, 0) is 12.1 Å². The first-order valence-electron chi connectivity index (χ1n) is 6.92. The number of nitrogens with zero attached hydrogens (tertiary/aromatic N) is 3. The minimum absolute atomic E-state index is 0.0367. The van der Waals surface area contributed by atoms with E-state index in [0.29, 0.717) is 13.0 Å². The Bertz CT molecular complexity index is 707. The molecule has 1 aliphatic heterocycles. The summed E-state index contributed by atoms with van der Waals surface area (Å²) in [5, 5.41) is 0.0706. The maximum Gasteiger partial charge on any atom is 0.316 e. The van der Waals surface area contributed by atoms with Crippen molar-refractivity contribution in [1.29, 1.82) is 0 Å². The summed E-state index contributed by atoms with van der Waals surface area (Å²) in [4.78, 5) is 21.3. The van der Waals surface area contributed by atoms with Gasteiger partial charge in [0.15, 0.2) is 5.82 Å². The molecule has 2 heterocycles. The smallest absolute Gasteiger partial charge is 0.316 e. The first-order valence-corrected chi connectivity index (χ1v) is 7.30. The van der Waals surface area contributed by atoms with Crippen LogP contribution in [0.4, 0.5) is 8.78 Å². The number of ether oxygens (including phenoxy) is 1. The molecule has 0 unspecified atom stereocenters. The van der Waals surface area contributed by atoms with Crippen molar-refractivity contribution in [2.45, 2.75) is 12.5 Å². The van der Waals surface area contributed by atoms with Crippen LogP contribution < -0.4 is 4.74 Å². The van der Waals surface area contributed by atoms with E-state index in [-0.39, 0.29) is 29.2 Å². The number of hydrogen-bond acceptors (Lipinski definition) is 4. The molecule has 1 aliphatic rings. The van der Waals surface area contributed by atoms with E-state index in [1.165, 1.54) is 23.1 Å². The predicted octanol–water partition coefficient (Wildman–Crippen LogP) is 2.70. The zero-order valence-electron chi connectivity index (χ0n) is 11.9. The van der Waals surface area contributed by atoms with E-state index >= 15 is 0 Å². The number of rotatable bonds is 3. The van der Waals surface area contributed by atoms with Gasteiger partial charge in [-0.25, -0.2) is 18.7 Å². The van der Waals surface area contributed by atoms with Crippen LogP contribution in [0.1, 0.15) is 16.8 Å². The number of aromatic nitrogens is 2. The van der Waals surface area contributed by atoms with Gasteiger partial charge in [0.05, 0.1) is 29.5 Å². The van der Waals surface area contributed by atoms with Crippen LogP contribution >= 0.6 is 11.6 Å². The Morgan fingerprint density at radius 2 is 2.04 bits per heavy atom. The van der Waals surface area contributed by atoms with Crippen LogP contribution in [0.25, 0.3) is 0 Å². The third-order valence-corrected chi connectivity index (χ3v) is 3.79. The number of carbonyl (C=O) groups excluding carboxylic acids is 1. The Kier molecular flexibility index (Phi) is 4.38. The van der Waals surface area contributed by atoms with Gasteiger partial charge in [0, 0.05) is 13.0 Å². The van der Waals surface area contributed by atoms with Crippen molar-refractivity contribution in [3.05, 3.63) is 52.8 Å². The third kappa shape index (κ3) is 3.39. The molecule has 3 rings (SSSR count). The highest BCUT2D eigenvalue weighted by Crippen LogP contribution is 2.23. The minimum atomic E-state index is -0.659. The van der Waals surface area contributed by atoms with Gasteiger partial charge < -0.3 is 9.64 Å². The highest BCUT2D eigenvalue weighted by Gasteiger charge is 2.31. The van der Waals surface area contributed by atoms with E-state index in [2.05, 4.69) is 9.97 Å². The van der Waals surface area contributed by atoms with Gasteiger partial charge in [-0.1, -0.05) is 17.7 Å². The van der Waals surface area contributed by atoms with E-state index in [0.717, 1.165) is 12.4 Å². The topological polar surface area (TPSA) is 55.3 Å². The van der Waals surface area contributed by atoms with Crippen LogP contribution in [0.5, 0.6) is 6.01 Å². The first kappa shape index (κ1) is 15.6. The highest BCUT2D eigenvalue weighted by atomic mass is 35.5. The molecule has 0 saturated carbocycles. The fraction of sp³-hybridized carbons (Fsp3) is 0.267. The van der Waals surface area contributed by atoms with Gasteiger partial charge in [0.2, 0.25) is 0 Å². The molecule has 2 aromatic rings. The molecule has 120 valence electrons. The molecule has 0 aliphatic carbocycles. The summed E-state index contributed by atoms with van der Waals surface area (Å²) >= 11 is 5.91. The standard InChI is InChI=1S/C15H12ClF2N3O2/c16-11-2-1-3-12(18)13(11)14(22)21-5-4-10(8-21)23-15-19-6-9(17)7-20-15/h1-3,6-7,10H,4-5,8H2/t10-/m1/s1. The number of benzene rings is 1. The quantitative estimate of drug-likeness (QED) is 0.862. The van der Waals surface area contributed by atoms with Crippen molar-refractivity contribution < 1.29 is 18.3 Å². The molecule has 1 aromatic heterocycles. The van der Waals surface area contributed by atoms with Crippen LogP contribution in [0.3, 0.4) is 0 Å². The Labute approximate surface area is 135 Å². The lowest BCUT2D eigenvalue weighted by Gasteiger charge is -2.17. The molecule has 0 spiro atoms. The van der Waals surface area contributed by atoms with Crippen molar-refractivity contribution in [2.75, 3.05) is 13.1 Å². The highest BCUT2D eigenvalue weighted by molar-refractivity contribution is 6.33. The fourth-order valence-corrected chi connectivity index (χ4v) is 2.62. The summed E-state index contributed by atoms with van der Waals surface area (Å²) in [5.74, 6) is -1.71. The largest absolute Gasteiger partial charge is 0.458 e. The number of carbonyl (C=O) groups is 1. The maximum absolute atomic E-state index is 13.8. The van der Waals surface area contributed by atoms with E-state index in [4.69, 9.17) is 16.3 Å². The number of hydrogen-bond donors (Lipinski definition) is 0. The van der Waals surface area contributed by atoms with Gasteiger partial charge in [-0.3, -0.25) is 4.79 Å². The Morgan fingerprint density at radius 1 is 1.30 bits per heavy atom. The predicted molar refractivity (Wildman–Crippen MR) is 78.3 cm³/mol. The molecule has 5 nitrogen and oxygen atoms in total. The van der Waals surface area contributed by atoms with E-state index in [9.17, 15) is 13.6 Å². The van der Waals surface area contributed by atoms with Crippen molar-refractivity contribution >= 4 is 17.5 Å². The molecule has 8 heteroatoms. The van der Waals surface area contributed by atoms with Crippen molar-refractivity contribution in [3.8, 4) is 6.01 Å². The third-order valence-electron chi connectivity index (χ3n) is 3.48. The lowest BCUT2D eigenvalue weighted by Crippen LogP contribution is -2.32. The molecular weight excluding hydrogens is 328 g/mol. The van der Waals surface area contributed by atoms with Crippen LogP contribution in [0.2, 0.25) is 5.02 Å². The van der Waals surface area contributed by atoms with E-state index in [1.807, 2.05) is 0 Å². The zero-order valence-corrected chi connectivity index (χ0v) is 12.6. The molecule has 1 saturated heterocycles. The molecule has 0 bridgehead atoms. The van der Waals surface area contributed by atoms with Crippen LogP contribution in [-0.4, -0.2) is 40.0 Å². The maximum atomic E-state index is 13.8. The normalized spacial score (nSPS) is 17.3. The summed E-state index contributed by atoms with van der Waals surface area (Å²) in [7, 11) is 0. The molecule has 1 atom stereocenters. The molecular formula is C15H12ClF2N3O2. The lowest BCUT2D eigenvalue weighted by atomic mass is 10.2. The van der Waals surface area contributed by atoms with Crippen LogP contribution in [0, 0.1) is 11.6 Å². The Hall–Kier alpha value is -2.28. The van der Waals surface area contributed by atoms with Gasteiger partial charge in [-0.2, -0.15) is 0 Å². The van der Waals surface area contributed by atoms with Gasteiger partial charge in [-0.15, -0.1) is 0 Å². The summed E-state index contributed by atoms with van der Waals surface area (Å²) in [6.45, 7) is 0.652. The van der Waals surface area contributed by atoms with Gasteiger partial charge >= 0.3 is 6.01 Å². The fourth-order valence-electron chi connectivity index (χ4n) is 2.38. The SMILES string of the molecule is O=C(c1c(F)cccc1Cl)N1CC[C@@H](Oc2ncc(F)cn2)C1. The Balaban J connectivity index is 1.67. The van der Waals surface area contributed by atoms with E-state index in [1.54, 1.807) is 0 Å². The second kappa shape index (κ2) is 6.45. The number of halogens is 3. The summed E-state index contributed by atoms with van der Waals surface area (Å²) in [6, 6.07) is 4.13. The average molecular weight is 340 g/mol. The number of likely N-dealkylation sites (tertiary alicyclic amines) is 1. The monoisotopic (exact) mass is 339 g/mol. The lowest BCUT2D eigenvalue weighted by molar-refractivity contribution is 0.0765. The van der Waals surface area contributed by atoms with Gasteiger partial charge in [0.1, 0.15) is 11.9 Å². The van der Waals surface area contributed by atoms with Crippen molar-refractivity contribution in [3.63, 3.8) is 0 Å². The second-order valence-corrected chi connectivity index (χ2v) is 5.47. The Morgan fingerprint density at radius 3 is 2.74 bits per heavy atom. The van der Waals surface area contributed by atoms with E-state index < -0.39 is 17.5 Å². The summed E-state index contributed by atoms with van der Waals surface area (Å²) in [6.07, 6.45) is 2.20. The summed E-state index contributed by atoms with van der Waals surface area (Å²) in [5.41, 5.74) is -0.146. The molecule has 1 amide bonds. The molecule has 1 fully saturated rings. The molecule has 0 radical (unpaired) electrons. The number of amides is 1. The average Bonchev–Trinajstić information content (AvgIpc) is 2.98. The summed E-state index contributed by atoms with van der Waals surface area (Å²) < 4.78 is 32.1. The van der Waals surface area contributed by atoms with Crippen LogP contribution in [-0.2, 0) is 0 Å². The molecule has 0 N–H and O–H groups in total. The van der Waals surface area contributed by atoms with Crippen molar-refractivity contribution in [2.24, 2.45) is 0 Å². The van der Waals surface area contributed by atoms with Crippen LogP contribution in [0.15, 0.2) is 30.6 Å². The first-order chi connectivity index (χ1) is 11.0. The zero-order chi connectivity index (χ0) is 16.4. The minimum Gasteiger partial charge on any atom is -0.458 e. The molecule has 23 heavy (non-hydrogen) atoms.